The first-order valence-electron chi connectivity index (χ1n) is 11.0. The highest BCUT2D eigenvalue weighted by molar-refractivity contribution is 7.89. The molecule has 1 aromatic heterocycles. The van der Waals surface area contributed by atoms with Crippen molar-refractivity contribution in [2.45, 2.75) is 37.6 Å². The minimum absolute atomic E-state index is 0.225. The molecule has 2 aromatic carbocycles. The van der Waals surface area contributed by atoms with Gasteiger partial charge in [0.05, 0.1) is 5.56 Å². The molecule has 0 spiro atoms. The van der Waals surface area contributed by atoms with Gasteiger partial charge in [0.1, 0.15) is 5.82 Å². The Balaban J connectivity index is 1.63. The second-order valence-corrected chi connectivity index (χ2v) is 10.2. The summed E-state index contributed by atoms with van der Waals surface area (Å²) in [4.78, 5) is 19.1. The third-order valence-corrected chi connectivity index (χ3v) is 7.47. The van der Waals surface area contributed by atoms with Crippen molar-refractivity contribution in [3.8, 4) is 11.1 Å². The predicted molar refractivity (Wildman–Crippen MR) is 129 cm³/mol. The summed E-state index contributed by atoms with van der Waals surface area (Å²) in [5.41, 5.74) is 10.4. The van der Waals surface area contributed by atoms with Crippen LogP contribution in [-0.4, -0.2) is 37.3 Å². The van der Waals surface area contributed by atoms with Gasteiger partial charge in [-0.1, -0.05) is 18.2 Å². The second-order valence-electron chi connectivity index (χ2n) is 8.69. The number of carbonyl (C=O) groups excluding carboxylic acids is 1. The van der Waals surface area contributed by atoms with Gasteiger partial charge in [0.15, 0.2) is 5.03 Å². The summed E-state index contributed by atoms with van der Waals surface area (Å²) in [7, 11) is -4.12. The van der Waals surface area contributed by atoms with Crippen molar-refractivity contribution >= 4 is 21.6 Å². The number of sulfonamides is 1. The molecule has 34 heavy (non-hydrogen) atoms. The third kappa shape index (κ3) is 4.67. The lowest BCUT2D eigenvalue weighted by Gasteiger charge is -2.32. The molecule has 0 unspecified atom stereocenters. The molecule has 178 valence electrons. The van der Waals surface area contributed by atoms with Crippen molar-refractivity contribution in [3.05, 3.63) is 76.7 Å². The number of likely N-dealkylation sites (tertiary alicyclic amines) is 1. The molecule has 2 heterocycles. The van der Waals surface area contributed by atoms with Gasteiger partial charge in [0.25, 0.3) is 15.9 Å². The predicted octanol–water partition coefficient (Wildman–Crippen LogP) is 3.75. The van der Waals surface area contributed by atoms with Crippen LogP contribution in [0.4, 0.5) is 10.1 Å². The number of piperidine rings is 1. The van der Waals surface area contributed by atoms with Gasteiger partial charge in [-0.2, -0.15) is 0 Å². The molecule has 0 saturated carbocycles. The van der Waals surface area contributed by atoms with Crippen LogP contribution in [0.15, 0.2) is 53.7 Å². The van der Waals surface area contributed by atoms with E-state index >= 15 is 0 Å². The molecule has 7 nitrogen and oxygen atoms in total. The zero-order valence-corrected chi connectivity index (χ0v) is 19.9. The maximum absolute atomic E-state index is 13.3. The van der Waals surface area contributed by atoms with Crippen molar-refractivity contribution in [2.75, 3.05) is 18.8 Å². The number of nitrogen functional groups attached to an aromatic ring is 1. The van der Waals surface area contributed by atoms with Crippen LogP contribution < -0.4 is 10.9 Å². The number of benzene rings is 2. The van der Waals surface area contributed by atoms with E-state index in [9.17, 15) is 17.6 Å². The number of rotatable bonds is 4. The van der Waals surface area contributed by atoms with Crippen molar-refractivity contribution in [1.29, 1.82) is 0 Å². The molecular weight excluding hydrogens is 455 g/mol. The number of aromatic nitrogens is 1. The van der Waals surface area contributed by atoms with E-state index in [1.54, 1.807) is 35.2 Å². The van der Waals surface area contributed by atoms with E-state index in [2.05, 4.69) is 4.98 Å². The Morgan fingerprint density at radius 1 is 1.03 bits per heavy atom. The van der Waals surface area contributed by atoms with Crippen LogP contribution in [0.25, 0.3) is 11.1 Å². The van der Waals surface area contributed by atoms with Crippen molar-refractivity contribution < 1.29 is 17.6 Å². The van der Waals surface area contributed by atoms with E-state index in [1.165, 1.54) is 18.3 Å². The van der Waals surface area contributed by atoms with E-state index in [4.69, 9.17) is 10.9 Å². The van der Waals surface area contributed by atoms with Crippen LogP contribution in [0.2, 0.25) is 0 Å². The van der Waals surface area contributed by atoms with E-state index in [1.807, 2.05) is 13.8 Å². The van der Waals surface area contributed by atoms with Gasteiger partial charge in [0.2, 0.25) is 0 Å². The molecule has 0 atom stereocenters. The molecular formula is C25H27FN4O3S. The van der Waals surface area contributed by atoms with Crippen molar-refractivity contribution in [3.63, 3.8) is 0 Å². The Morgan fingerprint density at radius 2 is 1.68 bits per heavy atom. The number of primary sulfonamides is 1. The molecule has 4 rings (SSSR count). The van der Waals surface area contributed by atoms with Crippen molar-refractivity contribution in [2.24, 2.45) is 5.14 Å². The highest BCUT2D eigenvalue weighted by atomic mass is 32.2. The topological polar surface area (TPSA) is 119 Å². The Bertz CT molecular complexity index is 1350. The number of pyridine rings is 1. The monoisotopic (exact) mass is 482 g/mol. The smallest absolute Gasteiger partial charge is 0.256 e. The molecule has 1 amide bonds. The summed E-state index contributed by atoms with van der Waals surface area (Å²) < 4.78 is 37.7. The molecule has 0 bridgehead atoms. The molecule has 0 radical (unpaired) electrons. The SMILES string of the molecule is Cc1c(N)ccc(-c2cc(C(=O)N3CCC(c4ccc(F)cc4)CC3)cnc2S(N)(=O)=O)c1C. The van der Waals surface area contributed by atoms with Crippen LogP contribution in [0, 0.1) is 19.7 Å². The summed E-state index contributed by atoms with van der Waals surface area (Å²) in [5.74, 6) is -0.241. The van der Waals surface area contributed by atoms with Gasteiger partial charge in [-0.05, 0) is 79.1 Å². The molecule has 1 aliphatic heterocycles. The second kappa shape index (κ2) is 9.15. The number of anilines is 1. The fourth-order valence-electron chi connectivity index (χ4n) is 4.46. The quantitative estimate of drug-likeness (QED) is 0.549. The number of carbonyl (C=O) groups is 1. The zero-order chi connectivity index (χ0) is 24.6. The van der Waals surface area contributed by atoms with Crippen LogP contribution in [0.5, 0.6) is 0 Å². The number of nitrogens with two attached hydrogens (primary N) is 2. The fourth-order valence-corrected chi connectivity index (χ4v) is 5.13. The first kappa shape index (κ1) is 23.8. The zero-order valence-electron chi connectivity index (χ0n) is 19.1. The van der Waals surface area contributed by atoms with Crippen LogP contribution >= 0.6 is 0 Å². The minimum Gasteiger partial charge on any atom is -0.399 e. The molecule has 4 N–H and O–H groups in total. The number of halogens is 1. The maximum Gasteiger partial charge on any atom is 0.256 e. The van der Waals surface area contributed by atoms with Gasteiger partial charge in [0, 0.05) is 30.5 Å². The fraction of sp³-hybridized carbons (Fsp3) is 0.280. The lowest BCUT2D eigenvalue weighted by molar-refractivity contribution is 0.0712. The number of amides is 1. The van der Waals surface area contributed by atoms with Crippen LogP contribution in [-0.2, 0) is 10.0 Å². The molecule has 1 aliphatic rings. The number of hydrogen-bond acceptors (Lipinski definition) is 5. The summed E-state index contributed by atoms with van der Waals surface area (Å²) in [6, 6.07) is 11.4. The lowest BCUT2D eigenvalue weighted by atomic mass is 9.89. The maximum atomic E-state index is 13.3. The largest absolute Gasteiger partial charge is 0.399 e. The Labute approximate surface area is 198 Å². The van der Waals surface area contributed by atoms with Gasteiger partial charge in [-0.3, -0.25) is 4.79 Å². The Hall–Kier alpha value is -3.30. The highest BCUT2D eigenvalue weighted by Crippen LogP contribution is 2.33. The molecule has 1 saturated heterocycles. The van der Waals surface area contributed by atoms with E-state index in [0.717, 1.165) is 29.5 Å². The van der Waals surface area contributed by atoms with Gasteiger partial charge < -0.3 is 10.6 Å². The summed E-state index contributed by atoms with van der Waals surface area (Å²) >= 11 is 0. The van der Waals surface area contributed by atoms with E-state index in [0.29, 0.717) is 24.3 Å². The Morgan fingerprint density at radius 3 is 2.29 bits per heavy atom. The lowest BCUT2D eigenvalue weighted by Crippen LogP contribution is -2.38. The first-order chi connectivity index (χ1) is 16.1. The molecule has 3 aromatic rings. The molecule has 0 aliphatic carbocycles. The minimum atomic E-state index is -4.12. The van der Waals surface area contributed by atoms with E-state index < -0.39 is 10.0 Å². The van der Waals surface area contributed by atoms with Gasteiger partial charge in [-0.25, -0.2) is 22.9 Å². The average Bonchev–Trinajstić information content (AvgIpc) is 2.82. The van der Waals surface area contributed by atoms with Gasteiger partial charge in [-0.15, -0.1) is 0 Å². The highest BCUT2D eigenvalue weighted by Gasteiger charge is 2.27. The standard InChI is InChI=1S/C25H27FN4O3S/c1-15-16(2)23(27)8-7-21(15)22-13-19(14-29-24(22)34(28,32)33)25(31)30-11-9-18(10-12-30)17-3-5-20(26)6-4-17/h3-8,13-14,18H,9-12,27H2,1-2H3,(H2,28,32,33). The van der Waals surface area contributed by atoms with Crippen molar-refractivity contribution in [1.82, 2.24) is 9.88 Å². The normalized spacial score (nSPS) is 14.9. The van der Waals surface area contributed by atoms with Crippen LogP contribution in [0.3, 0.4) is 0 Å². The summed E-state index contributed by atoms with van der Waals surface area (Å²) in [5, 5.41) is 5.14. The van der Waals surface area contributed by atoms with Crippen LogP contribution in [0.1, 0.15) is 45.8 Å². The first-order valence-corrected chi connectivity index (χ1v) is 12.5. The van der Waals surface area contributed by atoms with E-state index in [-0.39, 0.29) is 33.8 Å². The molecule has 1 fully saturated rings. The summed E-state index contributed by atoms with van der Waals surface area (Å²) in [6.45, 7) is 4.75. The third-order valence-electron chi connectivity index (χ3n) is 6.61. The Kier molecular flexibility index (Phi) is 6.42. The average molecular weight is 483 g/mol. The number of hydrogen-bond donors (Lipinski definition) is 2. The molecule has 9 heteroatoms. The van der Waals surface area contributed by atoms with Gasteiger partial charge >= 0.3 is 0 Å². The summed E-state index contributed by atoms with van der Waals surface area (Å²) in [6.07, 6.45) is 2.77. The number of nitrogens with zero attached hydrogens (tertiary/aromatic N) is 2.